The molecule has 0 amide bonds. The van der Waals surface area contributed by atoms with Crippen molar-refractivity contribution < 1.29 is 8.83 Å². The lowest BCUT2D eigenvalue weighted by Crippen LogP contribution is -2.14. The SMILES string of the molecule is CC1(C)c2ccccc2-c2cc3c(cc21)c1cc(-c2ccc4oc5cccc(-c6nc(-c7ccccc7)nc(-c7ccc8c(c7)oc7c(-c9ccccc9)cccc78)n6)c5c4c2)ccc1n3-c1ccccc1. The van der Waals surface area contributed by atoms with Gasteiger partial charge in [-0.3, -0.25) is 0 Å². The zero-order valence-corrected chi connectivity index (χ0v) is 39.4. The number of fused-ring (bicyclic) bond motifs is 12. The van der Waals surface area contributed by atoms with Crippen molar-refractivity contribution in [2.24, 2.45) is 0 Å². The van der Waals surface area contributed by atoms with Crippen LogP contribution in [0.1, 0.15) is 25.0 Å². The van der Waals surface area contributed by atoms with E-state index in [1.807, 2.05) is 48.5 Å². The molecule has 0 saturated carbocycles. The van der Waals surface area contributed by atoms with E-state index >= 15 is 0 Å². The molecule has 0 saturated heterocycles. The second kappa shape index (κ2) is 15.3. The Bertz CT molecular complexity index is 4530. The molecular formula is C66H42N4O2. The molecule has 6 nitrogen and oxygen atoms in total. The lowest BCUT2D eigenvalue weighted by molar-refractivity contribution is 0.661. The minimum Gasteiger partial charge on any atom is -0.456 e. The minimum absolute atomic E-state index is 0.125. The first-order valence-electron chi connectivity index (χ1n) is 24.5. The Morgan fingerprint density at radius 2 is 0.986 bits per heavy atom. The number of para-hydroxylation sites is 2. The second-order valence-corrected chi connectivity index (χ2v) is 19.5. The zero-order chi connectivity index (χ0) is 47.7. The maximum Gasteiger partial charge on any atom is 0.164 e. The number of hydrogen-bond donors (Lipinski definition) is 0. The zero-order valence-electron chi connectivity index (χ0n) is 39.4. The fourth-order valence-corrected chi connectivity index (χ4v) is 11.6. The van der Waals surface area contributed by atoms with Gasteiger partial charge in [-0.15, -0.1) is 0 Å². The molecule has 10 aromatic carbocycles. The molecule has 0 bridgehead atoms. The van der Waals surface area contributed by atoms with E-state index in [2.05, 4.69) is 188 Å². The molecule has 72 heavy (non-hydrogen) atoms. The van der Waals surface area contributed by atoms with Gasteiger partial charge in [-0.1, -0.05) is 166 Å². The molecule has 14 aromatic rings. The first-order chi connectivity index (χ1) is 35.4. The van der Waals surface area contributed by atoms with Gasteiger partial charge in [-0.05, 0) is 106 Å². The predicted molar refractivity (Wildman–Crippen MR) is 293 cm³/mol. The van der Waals surface area contributed by atoms with Crippen LogP contribution >= 0.6 is 0 Å². The van der Waals surface area contributed by atoms with Crippen molar-refractivity contribution in [2.75, 3.05) is 0 Å². The van der Waals surface area contributed by atoms with Crippen LogP contribution in [0.4, 0.5) is 0 Å². The highest BCUT2D eigenvalue weighted by Gasteiger charge is 2.36. The van der Waals surface area contributed by atoms with Gasteiger partial charge in [0, 0.05) is 65.7 Å². The van der Waals surface area contributed by atoms with Crippen molar-refractivity contribution in [1.29, 1.82) is 0 Å². The molecule has 0 atom stereocenters. The van der Waals surface area contributed by atoms with Crippen molar-refractivity contribution >= 4 is 65.7 Å². The van der Waals surface area contributed by atoms with E-state index in [4.69, 9.17) is 23.8 Å². The summed E-state index contributed by atoms with van der Waals surface area (Å²) in [5.41, 5.74) is 18.9. The van der Waals surface area contributed by atoms with Crippen LogP contribution in [0.15, 0.2) is 227 Å². The molecule has 1 aliphatic carbocycles. The number of benzene rings is 10. The van der Waals surface area contributed by atoms with E-state index < -0.39 is 0 Å². The molecule has 4 aromatic heterocycles. The Balaban J connectivity index is 0.891. The molecule has 0 N–H and O–H groups in total. The van der Waals surface area contributed by atoms with Crippen LogP contribution in [-0.4, -0.2) is 19.5 Å². The van der Waals surface area contributed by atoms with Crippen LogP contribution in [0.3, 0.4) is 0 Å². The summed E-state index contributed by atoms with van der Waals surface area (Å²) in [6.45, 7) is 4.71. The monoisotopic (exact) mass is 922 g/mol. The summed E-state index contributed by atoms with van der Waals surface area (Å²) in [5, 5.41) is 6.49. The molecule has 338 valence electrons. The minimum atomic E-state index is -0.125. The van der Waals surface area contributed by atoms with Gasteiger partial charge < -0.3 is 13.4 Å². The topological polar surface area (TPSA) is 69.9 Å². The molecule has 0 fully saturated rings. The molecule has 15 rings (SSSR count). The van der Waals surface area contributed by atoms with Crippen molar-refractivity contribution in [2.45, 2.75) is 19.3 Å². The third-order valence-corrected chi connectivity index (χ3v) is 15.1. The van der Waals surface area contributed by atoms with Crippen LogP contribution < -0.4 is 0 Å². The third-order valence-electron chi connectivity index (χ3n) is 15.1. The second-order valence-electron chi connectivity index (χ2n) is 19.5. The fraction of sp³-hybridized carbons (Fsp3) is 0.0455. The Hall–Kier alpha value is -9.39. The van der Waals surface area contributed by atoms with E-state index in [0.717, 1.165) is 88.5 Å². The first kappa shape index (κ1) is 40.5. The highest BCUT2D eigenvalue weighted by molar-refractivity contribution is 6.15. The Labute approximate surface area is 414 Å². The average Bonchev–Trinajstić information content (AvgIpc) is 4.16. The number of rotatable bonds is 6. The van der Waals surface area contributed by atoms with Crippen molar-refractivity contribution in [3.8, 4) is 73.2 Å². The average molecular weight is 923 g/mol. The summed E-state index contributed by atoms with van der Waals surface area (Å²) in [7, 11) is 0. The van der Waals surface area contributed by atoms with Gasteiger partial charge >= 0.3 is 0 Å². The van der Waals surface area contributed by atoms with E-state index in [-0.39, 0.29) is 5.41 Å². The Morgan fingerprint density at radius 3 is 1.81 bits per heavy atom. The molecular weight excluding hydrogens is 881 g/mol. The van der Waals surface area contributed by atoms with Gasteiger partial charge in [-0.25, -0.2) is 15.0 Å². The van der Waals surface area contributed by atoms with E-state index in [1.54, 1.807) is 0 Å². The molecule has 4 heterocycles. The van der Waals surface area contributed by atoms with E-state index in [9.17, 15) is 0 Å². The number of aromatic nitrogens is 4. The Kier molecular flexibility index (Phi) is 8.61. The molecule has 0 unspecified atom stereocenters. The number of hydrogen-bond acceptors (Lipinski definition) is 5. The van der Waals surface area contributed by atoms with Gasteiger partial charge in [-0.2, -0.15) is 0 Å². The smallest absolute Gasteiger partial charge is 0.164 e. The van der Waals surface area contributed by atoms with E-state index in [0.29, 0.717) is 17.5 Å². The maximum atomic E-state index is 6.69. The first-order valence-corrected chi connectivity index (χ1v) is 24.5. The highest BCUT2D eigenvalue weighted by Crippen LogP contribution is 2.51. The lowest BCUT2D eigenvalue weighted by Gasteiger charge is -2.21. The molecule has 1 aliphatic rings. The maximum absolute atomic E-state index is 6.69. The standard InChI is InChI=1S/C66H42N4O2/c1-66(2)54-26-13-12-22-46(54)50-38-57-52(37-55(50)66)51-34-41(29-32-56(51)70(57)44-20-10-5-11-21-44)42-30-33-58-53(35-42)61-49(25-15-27-59(61)71-58)65-68-63(40-18-8-4-9-19-40)67-64(69-65)43-28-31-47-48-24-14-23-45(39-16-6-3-7-17-39)62(48)72-60(47)36-43/h3-38H,1-2H3. The van der Waals surface area contributed by atoms with Gasteiger partial charge in [0.25, 0.3) is 0 Å². The van der Waals surface area contributed by atoms with Crippen LogP contribution in [0.2, 0.25) is 0 Å². The van der Waals surface area contributed by atoms with Crippen LogP contribution in [-0.2, 0) is 5.41 Å². The van der Waals surface area contributed by atoms with Crippen molar-refractivity contribution in [3.63, 3.8) is 0 Å². The number of furan rings is 2. The van der Waals surface area contributed by atoms with Gasteiger partial charge in [0.1, 0.15) is 22.3 Å². The number of nitrogens with zero attached hydrogens (tertiary/aromatic N) is 4. The van der Waals surface area contributed by atoms with Gasteiger partial charge in [0.2, 0.25) is 0 Å². The molecule has 6 heteroatoms. The van der Waals surface area contributed by atoms with Crippen LogP contribution in [0, 0.1) is 0 Å². The quantitative estimate of drug-likeness (QED) is 0.166. The normalized spacial score (nSPS) is 13.0. The third kappa shape index (κ3) is 6.05. The summed E-state index contributed by atoms with van der Waals surface area (Å²) in [6, 6.07) is 77.1. The largest absolute Gasteiger partial charge is 0.456 e. The molecule has 0 radical (unpaired) electrons. The van der Waals surface area contributed by atoms with Crippen molar-refractivity contribution in [3.05, 3.63) is 230 Å². The molecule has 0 spiro atoms. The van der Waals surface area contributed by atoms with E-state index in [1.165, 1.54) is 44.1 Å². The van der Waals surface area contributed by atoms with Crippen LogP contribution in [0.25, 0.3) is 139 Å². The summed E-state index contributed by atoms with van der Waals surface area (Å²) < 4.78 is 15.7. The van der Waals surface area contributed by atoms with Gasteiger partial charge in [0.15, 0.2) is 17.5 Å². The van der Waals surface area contributed by atoms with Gasteiger partial charge in [0.05, 0.1) is 11.0 Å². The predicted octanol–water partition coefficient (Wildman–Crippen LogP) is 17.4. The van der Waals surface area contributed by atoms with Crippen molar-refractivity contribution in [1.82, 2.24) is 19.5 Å². The fourth-order valence-electron chi connectivity index (χ4n) is 11.6. The summed E-state index contributed by atoms with van der Waals surface area (Å²) in [6.07, 6.45) is 0. The molecule has 0 aliphatic heterocycles. The highest BCUT2D eigenvalue weighted by atomic mass is 16.3. The summed E-state index contributed by atoms with van der Waals surface area (Å²) in [5.74, 6) is 1.69. The summed E-state index contributed by atoms with van der Waals surface area (Å²) >= 11 is 0. The lowest BCUT2D eigenvalue weighted by atomic mass is 9.82. The Morgan fingerprint density at radius 1 is 0.347 bits per heavy atom. The summed E-state index contributed by atoms with van der Waals surface area (Å²) in [4.78, 5) is 15.6. The van der Waals surface area contributed by atoms with Crippen LogP contribution in [0.5, 0.6) is 0 Å².